The van der Waals surface area contributed by atoms with Gasteiger partial charge < -0.3 is 14.5 Å². The molecule has 160 valence electrons. The van der Waals surface area contributed by atoms with Crippen molar-refractivity contribution in [2.24, 2.45) is 0 Å². The van der Waals surface area contributed by atoms with Gasteiger partial charge in [0.05, 0.1) is 18.2 Å². The normalized spacial score (nSPS) is 11.1. The van der Waals surface area contributed by atoms with Gasteiger partial charge in [0.25, 0.3) is 5.91 Å². The molecule has 0 radical (unpaired) electrons. The molecule has 0 spiro atoms. The molecule has 0 saturated carbocycles. The van der Waals surface area contributed by atoms with Crippen molar-refractivity contribution >= 4 is 16.9 Å². The molecule has 0 bridgehead atoms. The molecule has 2 aromatic heterocycles. The Morgan fingerprint density at radius 1 is 1.23 bits per heavy atom. The van der Waals surface area contributed by atoms with E-state index in [1.807, 2.05) is 24.6 Å². The topological polar surface area (TPSA) is 82.2 Å². The molecular weight excluding hydrogens is 399 g/mol. The van der Waals surface area contributed by atoms with Crippen LogP contribution in [0.25, 0.3) is 33.7 Å². The molecule has 2 aromatic carbocycles. The number of nitrogens with zero attached hydrogens (tertiary/aromatic N) is 3. The summed E-state index contributed by atoms with van der Waals surface area (Å²) in [6, 6.07) is 9.41. The number of hydrogen-bond donors (Lipinski definition) is 1. The van der Waals surface area contributed by atoms with Gasteiger partial charge in [-0.1, -0.05) is 6.92 Å². The molecule has 0 atom stereocenters. The Labute approximate surface area is 178 Å². The van der Waals surface area contributed by atoms with Gasteiger partial charge in [0, 0.05) is 31.0 Å². The molecule has 2 heterocycles. The lowest BCUT2D eigenvalue weighted by Gasteiger charge is -2.09. The third-order valence-electron chi connectivity index (χ3n) is 5.14. The van der Waals surface area contributed by atoms with Crippen LogP contribution >= 0.6 is 0 Å². The van der Waals surface area contributed by atoms with Crippen molar-refractivity contribution in [2.45, 2.75) is 26.8 Å². The number of methoxy groups -OCH3 is 1. The number of ether oxygens (including phenoxy) is 1. The summed E-state index contributed by atoms with van der Waals surface area (Å²) in [5, 5.41) is 7.77. The number of amides is 1. The monoisotopic (exact) mass is 422 g/mol. The lowest BCUT2D eigenvalue weighted by atomic mass is 10.0. The number of fused-ring (bicyclic) bond motifs is 1. The Balaban J connectivity index is 2.00. The predicted molar refractivity (Wildman–Crippen MR) is 116 cm³/mol. The van der Waals surface area contributed by atoms with Gasteiger partial charge in [0.15, 0.2) is 11.6 Å². The summed E-state index contributed by atoms with van der Waals surface area (Å²) < 4.78 is 27.0. The zero-order chi connectivity index (χ0) is 22.1. The van der Waals surface area contributed by atoms with E-state index in [0.29, 0.717) is 58.0 Å². The van der Waals surface area contributed by atoms with Crippen molar-refractivity contribution in [2.75, 3.05) is 14.2 Å². The summed E-state index contributed by atoms with van der Waals surface area (Å²) in [6.07, 6.45) is 0.709. The number of halogens is 1. The summed E-state index contributed by atoms with van der Waals surface area (Å²) in [7, 11) is 3.12. The Hall–Kier alpha value is -3.68. The first-order valence-corrected chi connectivity index (χ1v) is 10.1. The van der Waals surface area contributed by atoms with Crippen LogP contribution in [0.2, 0.25) is 0 Å². The number of aromatic nitrogens is 3. The zero-order valence-electron chi connectivity index (χ0n) is 17.8. The molecule has 4 rings (SSSR count). The van der Waals surface area contributed by atoms with Crippen LogP contribution < -0.4 is 10.1 Å². The van der Waals surface area contributed by atoms with Crippen molar-refractivity contribution in [1.82, 2.24) is 20.1 Å². The molecular formula is C23H23FN4O3. The van der Waals surface area contributed by atoms with Crippen molar-refractivity contribution in [3.63, 3.8) is 0 Å². The first-order chi connectivity index (χ1) is 15.0. The number of nitrogens with one attached hydrogen (secondary N) is 1. The molecule has 7 nitrogen and oxygen atoms in total. The van der Waals surface area contributed by atoms with Crippen LogP contribution in [0.5, 0.6) is 5.75 Å². The number of furan rings is 1. The number of rotatable bonds is 6. The average molecular weight is 422 g/mol. The summed E-state index contributed by atoms with van der Waals surface area (Å²) in [6.45, 7) is 4.63. The SMILES string of the molecule is CCc1nc(-c2cc3oc(-c4ccc(F)cc4)c(C(=O)NC)c3cc2OC)n(CC)n1. The van der Waals surface area contributed by atoms with Gasteiger partial charge >= 0.3 is 0 Å². The maximum atomic E-state index is 13.4. The van der Waals surface area contributed by atoms with Gasteiger partial charge in [-0.3, -0.25) is 4.79 Å². The molecule has 0 aliphatic rings. The molecule has 1 amide bonds. The summed E-state index contributed by atoms with van der Waals surface area (Å²) in [5.41, 5.74) is 2.17. The number of carbonyl (C=O) groups excluding carboxylic acids is 1. The van der Waals surface area contributed by atoms with E-state index in [1.165, 1.54) is 12.1 Å². The summed E-state index contributed by atoms with van der Waals surface area (Å²) in [4.78, 5) is 17.4. The maximum Gasteiger partial charge on any atom is 0.255 e. The fourth-order valence-corrected chi connectivity index (χ4v) is 3.58. The predicted octanol–water partition coefficient (Wildman–Crippen LogP) is 4.45. The fraction of sp³-hybridized carbons (Fsp3) is 0.261. The molecule has 8 heteroatoms. The van der Waals surface area contributed by atoms with E-state index in [4.69, 9.17) is 9.15 Å². The van der Waals surface area contributed by atoms with E-state index < -0.39 is 0 Å². The molecule has 0 fully saturated rings. The van der Waals surface area contributed by atoms with E-state index in [9.17, 15) is 9.18 Å². The van der Waals surface area contributed by atoms with Crippen LogP contribution in [0.3, 0.4) is 0 Å². The van der Waals surface area contributed by atoms with Crippen LogP contribution in [0, 0.1) is 5.82 Å². The Morgan fingerprint density at radius 2 is 1.97 bits per heavy atom. The minimum atomic E-state index is -0.365. The number of aryl methyl sites for hydroxylation is 2. The van der Waals surface area contributed by atoms with E-state index in [2.05, 4.69) is 15.4 Å². The highest BCUT2D eigenvalue weighted by Crippen LogP contribution is 2.40. The Kier molecular flexibility index (Phi) is 5.46. The highest BCUT2D eigenvalue weighted by molar-refractivity contribution is 6.12. The van der Waals surface area contributed by atoms with Crippen LogP contribution in [0.1, 0.15) is 30.0 Å². The van der Waals surface area contributed by atoms with Crippen LogP contribution in [-0.2, 0) is 13.0 Å². The highest BCUT2D eigenvalue weighted by atomic mass is 19.1. The Morgan fingerprint density at radius 3 is 2.58 bits per heavy atom. The minimum Gasteiger partial charge on any atom is -0.496 e. The van der Waals surface area contributed by atoms with Crippen LogP contribution in [0.4, 0.5) is 4.39 Å². The van der Waals surface area contributed by atoms with Gasteiger partial charge in [-0.05, 0) is 43.3 Å². The Bertz CT molecular complexity index is 1260. The molecule has 0 saturated heterocycles. The van der Waals surface area contributed by atoms with Crippen LogP contribution in [0.15, 0.2) is 40.8 Å². The lowest BCUT2D eigenvalue weighted by Crippen LogP contribution is -2.18. The second-order valence-corrected chi connectivity index (χ2v) is 6.96. The van der Waals surface area contributed by atoms with E-state index in [1.54, 1.807) is 32.4 Å². The van der Waals surface area contributed by atoms with Crippen molar-refractivity contribution < 1.29 is 18.3 Å². The fourth-order valence-electron chi connectivity index (χ4n) is 3.58. The summed E-state index contributed by atoms with van der Waals surface area (Å²) >= 11 is 0. The quantitative estimate of drug-likeness (QED) is 0.497. The third-order valence-corrected chi connectivity index (χ3v) is 5.14. The second kappa shape index (κ2) is 8.22. The highest BCUT2D eigenvalue weighted by Gasteiger charge is 2.25. The minimum absolute atomic E-state index is 0.308. The second-order valence-electron chi connectivity index (χ2n) is 6.96. The third kappa shape index (κ3) is 3.54. The maximum absolute atomic E-state index is 13.4. The smallest absolute Gasteiger partial charge is 0.255 e. The molecule has 0 unspecified atom stereocenters. The number of carbonyl (C=O) groups is 1. The number of hydrogen-bond acceptors (Lipinski definition) is 5. The van der Waals surface area contributed by atoms with Crippen LogP contribution in [-0.4, -0.2) is 34.8 Å². The molecule has 0 aliphatic heterocycles. The van der Waals surface area contributed by atoms with E-state index >= 15 is 0 Å². The number of benzene rings is 2. The van der Waals surface area contributed by atoms with E-state index in [0.717, 1.165) is 5.82 Å². The zero-order valence-corrected chi connectivity index (χ0v) is 17.8. The molecule has 4 aromatic rings. The summed E-state index contributed by atoms with van der Waals surface area (Å²) in [5.74, 6) is 1.64. The van der Waals surface area contributed by atoms with Crippen molar-refractivity contribution in [1.29, 1.82) is 0 Å². The van der Waals surface area contributed by atoms with Crippen molar-refractivity contribution in [3.05, 3.63) is 53.6 Å². The standard InChI is InChI=1S/C23H23FN4O3/c1-5-19-26-22(28(6-2)27-19)16-12-18-15(11-17(16)30-4)20(23(29)25-3)21(31-18)13-7-9-14(24)10-8-13/h7-12H,5-6H2,1-4H3,(H,25,29). The largest absolute Gasteiger partial charge is 0.496 e. The lowest BCUT2D eigenvalue weighted by molar-refractivity contribution is 0.0964. The first-order valence-electron chi connectivity index (χ1n) is 10.1. The molecule has 0 aliphatic carbocycles. The van der Waals surface area contributed by atoms with E-state index in [-0.39, 0.29) is 11.7 Å². The average Bonchev–Trinajstić information content (AvgIpc) is 3.38. The molecule has 1 N–H and O–H groups in total. The van der Waals surface area contributed by atoms with Gasteiger partial charge in [0.2, 0.25) is 0 Å². The molecule has 31 heavy (non-hydrogen) atoms. The van der Waals surface area contributed by atoms with Gasteiger partial charge in [-0.25, -0.2) is 14.1 Å². The first kappa shape index (κ1) is 20.6. The van der Waals surface area contributed by atoms with Gasteiger partial charge in [-0.15, -0.1) is 0 Å². The van der Waals surface area contributed by atoms with Gasteiger partial charge in [0.1, 0.15) is 22.9 Å². The van der Waals surface area contributed by atoms with Gasteiger partial charge in [-0.2, -0.15) is 5.10 Å². The van der Waals surface area contributed by atoms with Crippen molar-refractivity contribution in [3.8, 4) is 28.5 Å².